The minimum Gasteiger partial charge on any atom is -0.477 e. The van der Waals surface area contributed by atoms with Crippen LogP contribution in [0.3, 0.4) is 0 Å². The highest BCUT2D eigenvalue weighted by molar-refractivity contribution is 8.04. The van der Waals surface area contributed by atoms with Crippen molar-refractivity contribution in [2.75, 3.05) is 19.0 Å². The van der Waals surface area contributed by atoms with Gasteiger partial charge in [0.25, 0.3) is 0 Å². The van der Waals surface area contributed by atoms with Crippen LogP contribution in [-0.2, 0) is 11.2 Å². The normalized spacial score (nSPS) is 11.5. The minimum absolute atomic E-state index is 0.180. The average molecular weight is 318 g/mol. The van der Waals surface area contributed by atoms with Crippen LogP contribution in [0.25, 0.3) is 6.08 Å². The Labute approximate surface area is 133 Å². The molecule has 0 fully saturated rings. The van der Waals surface area contributed by atoms with E-state index < -0.39 is 5.97 Å². The lowest BCUT2D eigenvalue weighted by atomic mass is 10.2. The second-order valence-electron chi connectivity index (χ2n) is 4.82. The number of benzene rings is 1. The lowest BCUT2D eigenvalue weighted by molar-refractivity contribution is -0.131. The van der Waals surface area contributed by atoms with Crippen molar-refractivity contribution in [1.29, 1.82) is 0 Å². The number of carboxylic acids is 1. The van der Waals surface area contributed by atoms with Gasteiger partial charge in [0.05, 0.1) is 0 Å². The Kier molecular flexibility index (Phi) is 5.21. The molecule has 0 amide bonds. The smallest absolute Gasteiger partial charge is 0.342 e. The van der Waals surface area contributed by atoms with Gasteiger partial charge in [-0.2, -0.15) is 0 Å². The maximum atomic E-state index is 11.4. The molecular weight excluding hydrogens is 300 g/mol. The van der Waals surface area contributed by atoms with E-state index in [2.05, 4.69) is 15.2 Å². The fourth-order valence-corrected chi connectivity index (χ4v) is 2.46. The minimum atomic E-state index is -0.996. The number of aromatic nitrogens is 3. The SMILES string of the molecule is CCc1nc(S/C(=C/c2ccc(N(C)C)cc2)C(=O)O)n[nH]1. The zero-order valence-corrected chi connectivity index (χ0v) is 13.5. The van der Waals surface area contributed by atoms with E-state index in [0.717, 1.165) is 35.3 Å². The highest BCUT2D eigenvalue weighted by Gasteiger charge is 2.13. The average Bonchev–Trinajstić information content (AvgIpc) is 2.94. The predicted molar refractivity (Wildman–Crippen MR) is 88.0 cm³/mol. The van der Waals surface area contributed by atoms with Crippen molar-refractivity contribution in [3.63, 3.8) is 0 Å². The molecule has 0 aliphatic carbocycles. The van der Waals surface area contributed by atoms with Crippen LogP contribution in [0.4, 0.5) is 5.69 Å². The monoisotopic (exact) mass is 318 g/mol. The molecule has 1 aromatic heterocycles. The topological polar surface area (TPSA) is 82.1 Å². The molecule has 0 atom stereocenters. The molecule has 22 heavy (non-hydrogen) atoms. The number of hydrogen-bond donors (Lipinski definition) is 2. The summed E-state index contributed by atoms with van der Waals surface area (Å²) in [6, 6.07) is 7.65. The van der Waals surface area contributed by atoms with Crippen molar-refractivity contribution in [3.05, 3.63) is 40.6 Å². The summed E-state index contributed by atoms with van der Waals surface area (Å²) in [6.07, 6.45) is 2.35. The van der Waals surface area contributed by atoms with E-state index in [1.165, 1.54) is 0 Å². The number of anilines is 1. The van der Waals surface area contributed by atoms with Crippen LogP contribution in [0, 0.1) is 0 Å². The first-order chi connectivity index (χ1) is 10.5. The molecule has 0 radical (unpaired) electrons. The summed E-state index contributed by atoms with van der Waals surface area (Å²) in [5.41, 5.74) is 1.88. The third kappa shape index (κ3) is 4.11. The molecular formula is C15H18N4O2S. The summed E-state index contributed by atoms with van der Waals surface area (Å²) in [7, 11) is 3.91. The van der Waals surface area contributed by atoms with E-state index in [-0.39, 0.29) is 4.91 Å². The Hall–Kier alpha value is -2.28. The zero-order valence-electron chi connectivity index (χ0n) is 12.7. The number of aromatic amines is 1. The Bertz CT molecular complexity index is 677. The number of hydrogen-bond acceptors (Lipinski definition) is 5. The second kappa shape index (κ2) is 7.13. The third-order valence-corrected chi connectivity index (χ3v) is 3.84. The molecule has 0 unspecified atom stereocenters. The summed E-state index contributed by atoms with van der Waals surface area (Å²) in [5.74, 6) is -0.257. The van der Waals surface area contributed by atoms with Gasteiger partial charge in [-0.1, -0.05) is 19.1 Å². The van der Waals surface area contributed by atoms with Gasteiger partial charge in [0.15, 0.2) is 0 Å². The van der Waals surface area contributed by atoms with Crippen molar-refractivity contribution >= 4 is 29.5 Å². The van der Waals surface area contributed by atoms with Gasteiger partial charge in [-0.3, -0.25) is 5.10 Å². The summed E-state index contributed by atoms with van der Waals surface area (Å²) in [4.78, 5) is 17.8. The van der Waals surface area contributed by atoms with Gasteiger partial charge in [-0.25, -0.2) is 9.78 Å². The van der Waals surface area contributed by atoms with E-state index in [1.54, 1.807) is 6.08 Å². The van der Waals surface area contributed by atoms with Crippen LogP contribution in [0.1, 0.15) is 18.3 Å². The van der Waals surface area contributed by atoms with E-state index in [1.807, 2.05) is 50.2 Å². The molecule has 0 aliphatic rings. The van der Waals surface area contributed by atoms with Crippen LogP contribution < -0.4 is 4.90 Å². The quantitative estimate of drug-likeness (QED) is 0.629. The number of thioether (sulfide) groups is 1. The van der Waals surface area contributed by atoms with Crippen molar-refractivity contribution in [2.24, 2.45) is 0 Å². The summed E-state index contributed by atoms with van der Waals surface area (Å²) < 4.78 is 0. The van der Waals surface area contributed by atoms with Gasteiger partial charge in [0, 0.05) is 26.2 Å². The number of carbonyl (C=O) groups is 1. The van der Waals surface area contributed by atoms with E-state index >= 15 is 0 Å². The van der Waals surface area contributed by atoms with Crippen LogP contribution in [0.15, 0.2) is 34.3 Å². The molecule has 0 spiro atoms. The number of nitrogens with one attached hydrogen (secondary N) is 1. The fourth-order valence-electron chi connectivity index (χ4n) is 1.73. The van der Waals surface area contributed by atoms with Crippen LogP contribution in [-0.4, -0.2) is 40.4 Å². The number of aryl methyl sites for hydroxylation is 1. The largest absolute Gasteiger partial charge is 0.477 e. The molecule has 2 aromatic rings. The first-order valence-electron chi connectivity index (χ1n) is 6.81. The van der Waals surface area contributed by atoms with Crippen molar-refractivity contribution in [3.8, 4) is 0 Å². The number of aliphatic carboxylic acids is 1. The first kappa shape index (κ1) is 16.1. The highest BCUT2D eigenvalue weighted by atomic mass is 32.2. The van der Waals surface area contributed by atoms with E-state index in [4.69, 9.17) is 0 Å². The molecule has 1 heterocycles. The summed E-state index contributed by atoms with van der Waals surface area (Å²) >= 11 is 1.04. The van der Waals surface area contributed by atoms with Gasteiger partial charge < -0.3 is 10.0 Å². The maximum Gasteiger partial charge on any atom is 0.342 e. The maximum absolute atomic E-state index is 11.4. The van der Waals surface area contributed by atoms with Crippen molar-refractivity contribution < 1.29 is 9.90 Å². The number of rotatable bonds is 6. The Morgan fingerprint density at radius 2 is 2.05 bits per heavy atom. The van der Waals surface area contributed by atoms with E-state index in [9.17, 15) is 9.90 Å². The number of H-pyrrole nitrogens is 1. The van der Waals surface area contributed by atoms with Gasteiger partial charge in [0.2, 0.25) is 5.16 Å². The number of nitrogens with zero attached hydrogens (tertiary/aromatic N) is 3. The summed E-state index contributed by atoms with van der Waals surface area (Å²) in [5, 5.41) is 16.5. The third-order valence-electron chi connectivity index (χ3n) is 2.97. The molecule has 1 aromatic carbocycles. The van der Waals surface area contributed by atoms with Crippen LogP contribution >= 0.6 is 11.8 Å². The van der Waals surface area contributed by atoms with Crippen LogP contribution in [0.5, 0.6) is 0 Å². The second-order valence-corrected chi connectivity index (χ2v) is 5.83. The van der Waals surface area contributed by atoms with E-state index in [0.29, 0.717) is 5.16 Å². The molecule has 0 aliphatic heterocycles. The number of carboxylic acid groups (broad SMARTS) is 1. The molecule has 2 rings (SSSR count). The molecule has 116 valence electrons. The van der Waals surface area contributed by atoms with Gasteiger partial charge in [-0.15, -0.1) is 5.10 Å². The molecule has 0 bridgehead atoms. The Morgan fingerprint density at radius 3 is 2.55 bits per heavy atom. The lowest BCUT2D eigenvalue weighted by Crippen LogP contribution is -2.07. The first-order valence-corrected chi connectivity index (χ1v) is 7.62. The molecule has 0 saturated heterocycles. The van der Waals surface area contributed by atoms with Gasteiger partial charge in [-0.05, 0) is 35.5 Å². The fraction of sp³-hybridized carbons (Fsp3) is 0.267. The van der Waals surface area contributed by atoms with Crippen LogP contribution in [0.2, 0.25) is 0 Å². The standard InChI is InChI=1S/C15H18N4O2S/c1-4-13-16-15(18-17-13)22-12(14(20)21)9-10-5-7-11(8-6-10)19(2)3/h5-9H,4H2,1-3H3,(H,20,21)(H,16,17,18)/b12-9+. The Morgan fingerprint density at radius 1 is 1.36 bits per heavy atom. The molecule has 2 N–H and O–H groups in total. The summed E-state index contributed by atoms with van der Waals surface area (Å²) in [6.45, 7) is 1.95. The lowest BCUT2D eigenvalue weighted by Gasteiger charge is -2.11. The molecule has 0 saturated carbocycles. The predicted octanol–water partition coefficient (Wildman–Crippen LogP) is 2.65. The van der Waals surface area contributed by atoms with Gasteiger partial charge in [0.1, 0.15) is 10.7 Å². The van der Waals surface area contributed by atoms with Crippen molar-refractivity contribution in [2.45, 2.75) is 18.5 Å². The zero-order chi connectivity index (χ0) is 16.1. The Balaban J connectivity index is 2.21. The highest BCUT2D eigenvalue weighted by Crippen LogP contribution is 2.26. The molecule has 6 nitrogen and oxygen atoms in total. The van der Waals surface area contributed by atoms with Crippen molar-refractivity contribution in [1.82, 2.24) is 15.2 Å². The van der Waals surface area contributed by atoms with Gasteiger partial charge >= 0.3 is 5.97 Å². The molecule has 7 heteroatoms.